The lowest BCUT2D eigenvalue weighted by Crippen LogP contribution is -2.51. The van der Waals surface area contributed by atoms with E-state index in [-0.39, 0.29) is 35.7 Å². The number of aromatic nitrogens is 3. The van der Waals surface area contributed by atoms with Crippen molar-refractivity contribution in [3.8, 4) is 11.5 Å². The zero-order valence-electron chi connectivity index (χ0n) is 14.6. The van der Waals surface area contributed by atoms with Gasteiger partial charge in [-0.1, -0.05) is 0 Å². The zero-order valence-corrected chi connectivity index (χ0v) is 15.4. The first-order chi connectivity index (χ1) is 12.5. The van der Waals surface area contributed by atoms with Crippen LogP contribution in [0.5, 0.6) is 0 Å². The fraction of sp³-hybridized carbons (Fsp3) is 0.294. The number of furan rings is 1. The van der Waals surface area contributed by atoms with Gasteiger partial charge in [-0.05, 0) is 25.1 Å². The second-order valence-corrected chi connectivity index (χ2v) is 6.26. The van der Waals surface area contributed by atoms with Crippen LogP contribution in [0.1, 0.15) is 27.9 Å². The maximum atomic E-state index is 13.1. The van der Waals surface area contributed by atoms with Crippen molar-refractivity contribution in [1.82, 2.24) is 24.6 Å². The Labute approximate surface area is 161 Å². The quantitative estimate of drug-likeness (QED) is 0.687. The highest BCUT2D eigenvalue weighted by Crippen LogP contribution is 2.23. The lowest BCUT2D eigenvalue weighted by atomic mass is 10.2. The van der Waals surface area contributed by atoms with E-state index < -0.39 is 5.91 Å². The van der Waals surface area contributed by atoms with Crippen molar-refractivity contribution >= 4 is 29.9 Å². The van der Waals surface area contributed by atoms with E-state index in [1.165, 1.54) is 17.0 Å². The first-order valence-electron chi connectivity index (χ1n) is 8.29. The van der Waals surface area contributed by atoms with E-state index >= 15 is 0 Å². The second kappa shape index (κ2) is 7.37. The van der Waals surface area contributed by atoms with E-state index in [0.29, 0.717) is 30.2 Å². The molecule has 1 atom stereocenters. The van der Waals surface area contributed by atoms with Gasteiger partial charge in [-0.15, -0.1) is 12.4 Å². The van der Waals surface area contributed by atoms with Crippen LogP contribution in [0.25, 0.3) is 17.1 Å². The van der Waals surface area contributed by atoms with Crippen molar-refractivity contribution in [3.63, 3.8) is 0 Å². The third kappa shape index (κ3) is 3.38. The molecular weight excluding hydrogens is 372 g/mol. The van der Waals surface area contributed by atoms with E-state index in [1.54, 1.807) is 23.1 Å². The molecule has 0 saturated carbocycles. The van der Waals surface area contributed by atoms with Crippen LogP contribution in [-0.4, -0.2) is 56.8 Å². The molecule has 9 nitrogen and oxygen atoms in total. The monoisotopic (exact) mass is 390 g/mol. The third-order valence-corrected chi connectivity index (χ3v) is 4.38. The average molecular weight is 391 g/mol. The van der Waals surface area contributed by atoms with Crippen molar-refractivity contribution in [2.24, 2.45) is 5.73 Å². The Balaban J connectivity index is 0.00000210. The van der Waals surface area contributed by atoms with Gasteiger partial charge in [0.2, 0.25) is 0 Å². The molecule has 1 aliphatic rings. The van der Waals surface area contributed by atoms with Gasteiger partial charge in [0.1, 0.15) is 17.7 Å². The second-order valence-electron chi connectivity index (χ2n) is 6.26. The molecule has 1 unspecified atom stereocenters. The van der Waals surface area contributed by atoms with Crippen LogP contribution in [0.3, 0.4) is 0 Å². The van der Waals surface area contributed by atoms with Gasteiger partial charge in [0.05, 0.1) is 6.26 Å². The van der Waals surface area contributed by atoms with Gasteiger partial charge < -0.3 is 20.4 Å². The predicted octanol–water partition coefficient (Wildman–Crippen LogP) is 0.944. The highest BCUT2D eigenvalue weighted by atomic mass is 35.5. The smallest absolute Gasteiger partial charge is 0.271 e. The van der Waals surface area contributed by atoms with E-state index in [2.05, 4.69) is 15.3 Å². The Bertz CT molecular complexity index is 984. The van der Waals surface area contributed by atoms with Crippen LogP contribution < -0.4 is 11.1 Å². The molecule has 27 heavy (non-hydrogen) atoms. The van der Waals surface area contributed by atoms with Crippen LogP contribution in [-0.2, 0) is 0 Å². The van der Waals surface area contributed by atoms with E-state index in [1.807, 2.05) is 6.92 Å². The molecule has 1 saturated heterocycles. The van der Waals surface area contributed by atoms with Crippen LogP contribution in [0.15, 0.2) is 35.2 Å². The molecule has 1 fully saturated rings. The number of nitrogens with two attached hydrogens (primary N) is 1. The third-order valence-electron chi connectivity index (χ3n) is 4.38. The Kier molecular flexibility index (Phi) is 5.15. The van der Waals surface area contributed by atoms with E-state index in [4.69, 9.17) is 10.2 Å². The van der Waals surface area contributed by atoms with Crippen molar-refractivity contribution in [2.75, 3.05) is 19.6 Å². The summed E-state index contributed by atoms with van der Waals surface area (Å²) in [5, 5.41) is 3.31. The maximum absolute atomic E-state index is 13.1. The number of rotatable bonds is 3. The summed E-state index contributed by atoms with van der Waals surface area (Å²) >= 11 is 0. The van der Waals surface area contributed by atoms with Gasteiger partial charge in [-0.25, -0.2) is 9.97 Å². The normalized spacial score (nSPS) is 16.9. The Hall–Kier alpha value is -2.91. The van der Waals surface area contributed by atoms with Crippen LogP contribution in [0.2, 0.25) is 0 Å². The minimum atomic E-state index is -0.703. The summed E-state index contributed by atoms with van der Waals surface area (Å²) in [6.07, 6.45) is 2.92. The first kappa shape index (κ1) is 18.9. The van der Waals surface area contributed by atoms with Gasteiger partial charge in [0.25, 0.3) is 11.8 Å². The summed E-state index contributed by atoms with van der Waals surface area (Å²) in [7, 11) is 0. The number of carbonyl (C=O) groups is 2. The molecule has 3 aromatic heterocycles. The molecule has 142 valence electrons. The lowest BCUT2D eigenvalue weighted by molar-refractivity contribution is 0.0701. The van der Waals surface area contributed by atoms with Crippen molar-refractivity contribution in [3.05, 3.63) is 42.2 Å². The summed E-state index contributed by atoms with van der Waals surface area (Å²) in [6, 6.07) is 5.32. The number of carbonyl (C=O) groups excluding carboxylic acids is 2. The number of primary amides is 1. The molecule has 4 rings (SSSR count). The number of fused-ring (bicyclic) bond motifs is 1. The summed E-state index contributed by atoms with van der Waals surface area (Å²) in [5.74, 6) is -0.371. The number of amides is 2. The highest BCUT2D eigenvalue weighted by molar-refractivity contribution is 5.99. The summed E-state index contributed by atoms with van der Waals surface area (Å²) in [6.45, 7) is 3.94. The molecule has 3 N–H and O–H groups in total. The number of nitrogens with zero attached hydrogens (tertiary/aromatic N) is 4. The van der Waals surface area contributed by atoms with Gasteiger partial charge in [-0.2, -0.15) is 0 Å². The van der Waals surface area contributed by atoms with E-state index in [9.17, 15) is 9.59 Å². The van der Waals surface area contributed by atoms with Gasteiger partial charge >= 0.3 is 0 Å². The number of halogens is 1. The molecule has 3 aromatic rings. The van der Waals surface area contributed by atoms with Gasteiger partial charge in [0, 0.05) is 25.7 Å². The number of hydrogen-bond donors (Lipinski definition) is 2. The van der Waals surface area contributed by atoms with Crippen LogP contribution in [0.4, 0.5) is 0 Å². The molecule has 1 aliphatic heterocycles. The number of nitrogens with one attached hydrogen (secondary N) is 1. The largest absolute Gasteiger partial charge is 0.463 e. The predicted molar refractivity (Wildman–Crippen MR) is 99.8 cm³/mol. The maximum Gasteiger partial charge on any atom is 0.271 e. The van der Waals surface area contributed by atoms with Crippen molar-refractivity contribution < 1.29 is 14.0 Å². The molecule has 0 radical (unpaired) electrons. The molecule has 0 aliphatic carbocycles. The number of piperazine rings is 1. The van der Waals surface area contributed by atoms with Gasteiger partial charge in [0.15, 0.2) is 17.1 Å². The number of hydrogen-bond acceptors (Lipinski definition) is 6. The van der Waals surface area contributed by atoms with Crippen LogP contribution >= 0.6 is 12.4 Å². The SMILES string of the molecule is CC1CN(C(=O)c2cc(-c3ccco3)nc3c(C(N)=O)ncn23)CCN1.Cl. The minimum Gasteiger partial charge on any atom is -0.463 e. The average Bonchev–Trinajstić information content (AvgIpc) is 3.29. The molecule has 10 heteroatoms. The molecule has 4 heterocycles. The summed E-state index contributed by atoms with van der Waals surface area (Å²) in [5.41, 5.74) is 6.45. The zero-order chi connectivity index (χ0) is 18.3. The molecule has 2 amide bonds. The standard InChI is InChI=1S/C17H18N6O3.ClH/c1-10-8-22(5-4-19-10)17(25)12-7-11(13-3-2-6-26-13)21-16-14(15(18)24)20-9-23(12)16;/h2-3,6-7,9-10,19H,4-5,8H2,1H3,(H2,18,24);1H. The molecule has 0 aromatic carbocycles. The fourth-order valence-electron chi connectivity index (χ4n) is 3.14. The minimum absolute atomic E-state index is 0. The Morgan fingerprint density at radius 1 is 1.41 bits per heavy atom. The lowest BCUT2D eigenvalue weighted by Gasteiger charge is -2.32. The summed E-state index contributed by atoms with van der Waals surface area (Å²) < 4.78 is 6.90. The molecular formula is C17H19ClN6O3. The fourth-order valence-corrected chi connectivity index (χ4v) is 3.14. The number of imidazole rings is 1. The van der Waals surface area contributed by atoms with Crippen molar-refractivity contribution in [1.29, 1.82) is 0 Å². The van der Waals surface area contributed by atoms with E-state index in [0.717, 1.165) is 6.54 Å². The van der Waals surface area contributed by atoms with Crippen molar-refractivity contribution in [2.45, 2.75) is 13.0 Å². The topological polar surface area (TPSA) is 119 Å². The van der Waals surface area contributed by atoms with Crippen LogP contribution in [0, 0.1) is 0 Å². The first-order valence-corrected chi connectivity index (χ1v) is 8.29. The Morgan fingerprint density at radius 2 is 2.22 bits per heavy atom. The summed E-state index contributed by atoms with van der Waals surface area (Å²) in [4.78, 5) is 35.0. The highest BCUT2D eigenvalue weighted by Gasteiger charge is 2.26. The van der Waals surface area contributed by atoms with Gasteiger partial charge in [-0.3, -0.25) is 14.0 Å². The molecule has 0 bridgehead atoms. The Morgan fingerprint density at radius 3 is 2.89 bits per heavy atom. The molecule has 0 spiro atoms.